The van der Waals surface area contributed by atoms with E-state index in [9.17, 15) is 9.59 Å². The molecule has 1 aromatic carbocycles. The minimum absolute atomic E-state index is 0.0109. The van der Waals surface area contributed by atoms with Crippen LogP contribution in [0.25, 0.3) is 5.69 Å². The number of benzene rings is 1. The number of halogens is 1. The van der Waals surface area contributed by atoms with Crippen molar-refractivity contribution in [2.75, 3.05) is 12.4 Å². The van der Waals surface area contributed by atoms with Crippen LogP contribution in [-0.2, 0) is 13.0 Å². The maximum Gasteiger partial charge on any atom is 0.350 e. The van der Waals surface area contributed by atoms with Gasteiger partial charge in [-0.2, -0.15) is 4.68 Å². The number of fused-ring (bicyclic) bond motifs is 1. The number of aromatic nitrogens is 5. The van der Waals surface area contributed by atoms with Gasteiger partial charge >= 0.3 is 11.7 Å². The first-order valence-corrected chi connectivity index (χ1v) is 12.8. The van der Waals surface area contributed by atoms with E-state index in [1.807, 2.05) is 6.92 Å². The molecule has 1 aliphatic carbocycles. The fraction of sp³-hybridized carbons (Fsp3) is 0.500. The molecular weight excluding hydrogens is 479 g/mol. The monoisotopic (exact) mass is 510 g/mol. The Morgan fingerprint density at radius 3 is 2.59 bits per heavy atom. The van der Waals surface area contributed by atoms with Crippen molar-refractivity contribution < 1.29 is 18.7 Å². The summed E-state index contributed by atoms with van der Waals surface area (Å²) in [6, 6.07) is 2.67. The van der Waals surface area contributed by atoms with Gasteiger partial charge in [-0.25, -0.2) is 19.2 Å². The van der Waals surface area contributed by atoms with Crippen molar-refractivity contribution >= 4 is 11.6 Å². The highest BCUT2D eigenvalue weighted by Crippen LogP contribution is 2.32. The molecule has 10 nitrogen and oxygen atoms in total. The van der Waals surface area contributed by atoms with Gasteiger partial charge in [0.05, 0.1) is 36.9 Å². The number of ether oxygens (including phenoxy) is 2. The lowest BCUT2D eigenvalue weighted by Gasteiger charge is -2.29. The number of hydrogen-bond acceptors (Lipinski definition) is 7. The Balaban J connectivity index is 1.51. The van der Waals surface area contributed by atoms with Gasteiger partial charge in [-0.05, 0) is 44.6 Å². The molecule has 2 aromatic heterocycles. The smallest absolute Gasteiger partial charge is 0.350 e. The van der Waals surface area contributed by atoms with Crippen LogP contribution in [0.4, 0.5) is 10.1 Å². The van der Waals surface area contributed by atoms with Crippen LogP contribution in [0.15, 0.2) is 29.3 Å². The predicted molar refractivity (Wildman–Crippen MR) is 134 cm³/mol. The first-order valence-electron chi connectivity index (χ1n) is 12.8. The number of anilines is 1. The fourth-order valence-electron chi connectivity index (χ4n) is 5.12. The molecule has 37 heavy (non-hydrogen) atoms. The molecule has 1 amide bonds. The van der Waals surface area contributed by atoms with Crippen molar-refractivity contribution in [1.82, 2.24) is 24.3 Å². The first kappa shape index (κ1) is 24.9. The molecule has 0 bridgehead atoms. The fourth-order valence-corrected chi connectivity index (χ4v) is 5.12. The molecule has 0 spiro atoms. The van der Waals surface area contributed by atoms with E-state index in [4.69, 9.17) is 9.47 Å². The molecule has 196 valence electrons. The van der Waals surface area contributed by atoms with Gasteiger partial charge < -0.3 is 14.8 Å². The molecule has 1 fully saturated rings. The van der Waals surface area contributed by atoms with E-state index < -0.39 is 17.4 Å². The zero-order chi connectivity index (χ0) is 25.9. The largest absolute Gasteiger partial charge is 0.490 e. The van der Waals surface area contributed by atoms with E-state index in [-0.39, 0.29) is 29.1 Å². The molecule has 3 aromatic rings. The lowest BCUT2D eigenvalue weighted by Crippen LogP contribution is -2.28. The highest BCUT2D eigenvalue weighted by molar-refractivity contribution is 6.06. The second-order valence-corrected chi connectivity index (χ2v) is 9.65. The molecule has 3 heterocycles. The van der Waals surface area contributed by atoms with Gasteiger partial charge in [0.25, 0.3) is 5.91 Å². The normalized spacial score (nSPS) is 16.6. The van der Waals surface area contributed by atoms with Gasteiger partial charge in [0.2, 0.25) is 0 Å². The second-order valence-electron chi connectivity index (χ2n) is 9.65. The Labute approximate surface area is 213 Å². The first-order chi connectivity index (χ1) is 17.9. The summed E-state index contributed by atoms with van der Waals surface area (Å²) < 4.78 is 29.4. The quantitative estimate of drug-likeness (QED) is 0.513. The average molecular weight is 511 g/mol. The maximum atomic E-state index is 15.5. The second kappa shape index (κ2) is 10.7. The highest BCUT2D eigenvalue weighted by atomic mass is 19.1. The van der Waals surface area contributed by atoms with E-state index in [1.54, 1.807) is 4.57 Å². The van der Waals surface area contributed by atoms with Crippen LogP contribution in [0.1, 0.15) is 68.1 Å². The van der Waals surface area contributed by atoms with Crippen LogP contribution < -0.4 is 20.5 Å². The Hall–Kier alpha value is -3.76. The zero-order valence-electron chi connectivity index (χ0n) is 21.1. The van der Waals surface area contributed by atoms with Gasteiger partial charge in [0, 0.05) is 19.0 Å². The number of methoxy groups -OCH3 is 1. The third-order valence-corrected chi connectivity index (χ3v) is 7.19. The van der Waals surface area contributed by atoms with Gasteiger partial charge in [-0.15, -0.1) is 5.10 Å². The number of hydrogen-bond donors (Lipinski definition) is 1. The van der Waals surface area contributed by atoms with Crippen LogP contribution in [0, 0.1) is 11.7 Å². The lowest BCUT2D eigenvalue weighted by molar-refractivity contribution is 0.0997. The van der Waals surface area contributed by atoms with Crippen LogP contribution in [0.3, 0.4) is 0 Å². The molecule has 1 unspecified atom stereocenters. The summed E-state index contributed by atoms with van der Waals surface area (Å²) in [5.41, 5.74) is -0.106. The predicted octanol–water partition coefficient (Wildman–Crippen LogP) is 3.91. The third-order valence-electron chi connectivity index (χ3n) is 7.19. The van der Waals surface area contributed by atoms with Gasteiger partial charge in [0.1, 0.15) is 23.1 Å². The molecule has 5 rings (SSSR count). The number of carbonyl (C=O) groups excluding carboxylic acids is 1. The van der Waals surface area contributed by atoms with E-state index in [0.29, 0.717) is 30.4 Å². The van der Waals surface area contributed by atoms with Crippen molar-refractivity contribution in [3.63, 3.8) is 0 Å². The number of nitrogens with one attached hydrogen (secondary N) is 1. The molecule has 1 aliphatic heterocycles. The summed E-state index contributed by atoms with van der Waals surface area (Å²) in [5.74, 6) is -0.169. The summed E-state index contributed by atoms with van der Waals surface area (Å²) >= 11 is 0. The number of rotatable bonds is 7. The van der Waals surface area contributed by atoms with E-state index in [1.165, 1.54) is 32.0 Å². The van der Waals surface area contributed by atoms with Crippen LogP contribution >= 0.6 is 0 Å². The highest BCUT2D eigenvalue weighted by Gasteiger charge is 2.27. The molecule has 2 aliphatic rings. The minimum Gasteiger partial charge on any atom is -0.490 e. The van der Waals surface area contributed by atoms with E-state index in [2.05, 4.69) is 20.4 Å². The molecule has 1 saturated carbocycles. The number of amides is 1. The summed E-state index contributed by atoms with van der Waals surface area (Å²) in [6.45, 7) is 2.53. The van der Waals surface area contributed by atoms with Crippen LogP contribution in [0.2, 0.25) is 0 Å². The van der Waals surface area contributed by atoms with Crippen molar-refractivity contribution in [3.8, 4) is 17.4 Å². The van der Waals surface area contributed by atoms with Crippen molar-refractivity contribution in [2.24, 2.45) is 5.92 Å². The number of aryl methyl sites for hydroxylation is 1. The molecule has 0 radical (unpaired) electrons. The Bertz CT molecular complexity index is 1330. The number of nitrogens with zero attached hydrogens (tertiary/aromatic N) is 5. The zero-order valence-corrected chi connectivity index (χ0v) is 21.1. The molecule has 0 saturated heterocycles. The topological polar surface area (TPSA) is 113 Å². The SMILES string of the molecule is COc1ncc(NC(=O)c2cc(F)c(-n3nc4n(c3=O)CCCC4)cc2OC(C)C2CCCCC2)cn1. The van der Waals surface area contributed by atoms with Crippen LogP contribution in [-0.4, -0.2) is 43.4 Å². The third kappa shape index (κ3) is 5.21. The Morgan fingerprint density at radius 2 is 1.89 bits per heavy atom. The van der Waals surface area contributed by atoms with Crippen molar-refractivity contribution in [3.05, 3.63) is 52.2 Å². The minimum atomic E-state index is -0.744. The van der Waals surface area contributed by atoms with Crippen molar-refractivity contribution in [1.29, 1.82) is 0 Å². The molecule has 1 atom stereocenters. The maximum absolute atomic E-state index is 15.5. The lowest BCUT2D eigenvalue weighted by atomic mass is 9.86. The van der Waals surface area contributed by atoms with E-state index in [0.717, 1.165) is 49.3 Å². The van der Waals surface area contributed by atoms with Crippen molar-refractivity contribution in [2.45, 2.75) is 70.9 Å². The number of carbonyl (C=O) groups is 1. The van der Waals surface area contributed by atoms with E-state index >= 15 is 4.39 Å². The average Bonchev–Trinajstić information content (AvgIpc) is 3.26. The summed E-state index contributed by atoms with van der Waals surface area (Å²) in [6.07, 6.45) is 10.6. The Kier molecular flexibility index (Phi) is 7.20. The molecular formula is C26H31FN6O4. The Morgan fingerprint density at radius 1 is 1.14 bits per heavy atom. The standard InChI is InChI=1S/C26H31FN6O4/c1-16(17-8-4-3-5-9-17)37-22-13-21(33-26(35)32-11-7-6-10-23(32)31-33)20(27)12-19(22)24(34)30-18-14-28-25(36-2)29-15-18/h12-17H,3-11H2,1-2H3,(H,30,34). The summed E-state index contributed by atoms with van der Waals surface area (Å²) in [5, 5.41) is 7.08. The summed E-state index contributed by atoms with van der Waals surface area (Å²) in [7, 11) is 1.44. The van der Waals surface area contributed by atoms with Gasteiger partial charge in [-0.3, -0.25) is 9.36 Å². The summed E-state index contributed by atoms with van der Waals surface area (Å²) in [4.78, 5) is 34.2. The van der Waals surface area contributed by atoms with Crippen LogP contribution in [0.5, 0.6) is 11.8 Å². The van der Waals surface area contributed by atoms with Gasteiger partial charge in [0.15, 0.2) is 0 Å². The van der Waals surface area contributed by atoms with Gasteiger partial charge in [-0.1, -0.05) is 19.3 Å². The molecule has 11 heteroatoms. The molecule has 1 N–H and O–H groups in total.